The lowest BCUT2D eigenvalue weighted by atomic mass is 9.88. The number of hydrogen-bond donors (Lipinski definition) is 0. The molecule has 2 heteroatoms. The standard InChI is InChI=1S/C26H24N2/c1-16(2)19-11-12-21(20-10-9-17(3)15-18(20)4)24-22-7-5-6-8-23(22)28-14-13-27-26(28)25(19)24/h5-16H,1-4H3. The quantitative estimate of drug-likeness (QED) is 0.307. The highest BCUT2D eigenvalue weighted by Gasteiger charge is 2.18. The van der Waals surface area contributed by atoms with Crippen molar-refractivity contribution in [3.8, 4) is 11.1 Å². The average Bonchev–Trinajstić information content (AvgIpc) is 3.17. The van der Waals surface area contributed by atoms with Crippen LogP contribution in [0.1, 0.15) is 36.5 Å². The van der Waals surface area contributed by atoms with Crippen LogP contribution in [0.5, 0.6) is 0 Å². The summed E-state index contributed by atoms with van der Waals surface area (Å²) in [6, 6.07) is 20.0. The molecular formula is C26H24N2. The Morgan fingerprint density at radius 3 is 2.43 bits per heavy atom. The van der Waals surface area contributed by atoms with Gasteiger partial charge in [0.1, 0.15) is 5.65 Å². The molecule has 138 valence electrons. The number of aryl methyl sites for hydroxylation is 2. The first-order valence-electron chi connectivity index (χ1n) is 9.94. The highest BCUT2D eigenvalue weighted by molar-refractivity contribution is 6.19. The smallest absolute Gasteiger partial charge is 0.145 e. The summed E-state index contributed by atoms with van der Waals surface area (Å²) in [5.41, 5.74) is 8.80. The van der Waals surface area contributed by atoms with E-state index in [0.29, 0.717) is 5.92 Å². The van der Waals surface area contributed by atoms with Crippen LogP contribution in [0.2, 0.25) is 0 Å². The van der Waals surface area contributed by atoms with Gasteiger partial charge in [-0.2, -0.15) is 0 Å². The largest absolute Gasteiger partial charge is 0.299 e. The van der Waals surface area contributed by atoms with E-state index in [1.54, 1.807) is 0 Å². The lowest BCUT2D eigenvalue weighted by Gasteiger charge is -2.19. The fraction of sp³-hybridized carbons (Fsp3) is 0.192. The first kappa shape index (κ1) is 17.0. The van der Waals surface area contributed by atoms with Crippen LogP contribution in [0.4, 0.5) is 0 Å². The van der Waals surface area contributed by atoms with Gasteiger partial charge in [-0.15, -0.1) is 0 Å². The fourth-order valence-corrected chi connectivity index (χ4v) is 4.54. The van der Waals surface area contributed by atoms with Crippen molar-refractivity contribution in [3.63, 3.8) is 0 Å². The highest BCUT2D eigenvalue weighted by Crippen LogP contribution is 2.41. The SMILES string of the molecule is Cc1ccc(-c2ccc(C(C)C)c3c2c2ccccc2n2ccnc32)c(C)c1. The number of benzene rings is 3. The molecule has 0 amide bonds. The Bertz CT molecular complexity index is 1360. The average molecular weight is 364 g/mol. The Morgan fingerprint density at radius 2 is 1.64 bits per heavy atom. The van der Waals surface area contributed by atoms with Gasteiger partial charge >= 0.3 is 0 Å². The van der Waals surface area contributed by atoms with Crippen molar-refractivity contribution in [2.45, 2.75) is 33.6 Å². The van der Waals surface area contributed by atoms with Crippen molar-refractivity contribution in [2.24, 2.45) is 0 Å². The highest BCUT2D eigenvalue weighted by atomic mass is 15.0. The molecule has 0 bridgehead atoms. The zero-order chi connectivity index (χ0) is 19.4. The minimum Gasteiger partial charge on any atom is -0.299 e. The molecule has 0 fully saturated rings. The van der Waals surface area contributed by atoms with Crippen molar-refractivity contribution in [2.75, 3.05) is 0 Å². The predicted octanol–water partition coefficient (Wildman–Crippen LogP) is 7.05. The number of aromatic nitrogens is 2. The lowest BCUT2D eigenvalue weighted by Crippen LogP contribution is -1.98. The Labute approximate surface area is 165 Å². The molecule has 0 saturated carbocycles. The third kappa shape index (κ3) is 2.37. The van der Waals surface area contributed by atoms with Crippen LogP contribution < -0.4 is 0 Å². The molecule has 2 nitrogen and oxygen atoms in total. The summed E-state index contributed by atoms with van der Waals surface area (Å²) in [6.07, 6.45) is 3.99. The van der Waals surface area contributed by atoms with Gasteiger partial charge in [0.15, 0.2) is 0 Å². The molecule has 0 aliphatic rings. The number of pyridine rings is 1. The normalized spacial score (nSPS) is 11.9. The summed E-state index contributed by atoms with van der Waals surface area (Å²) in [5, 5.41) is 3.86. The van der Waals surface area contributed by atoms with Crippen molar-refractivity contribution >= 4 is 27.3 Å². The van der Waals surface area contributed by atoms with E-state index in [0.717, 1.165) is 5.65 Å². The summed E-state index contributed by atoms with van der Waals surface area (Å²) in [6.45, 7) is 8.89. The summed E-state index contributed by atoms with van der Waals surface area (Å²) >= 11 is 0. The van der Waals surface area contributed by atoms with Crippen LogP contribution in [0, 0.1) is 13.8 Å². The molecule has 0 saturated heterocycles. The van der Waals surface area contributed by atoms with Gasteiger partial charge < -0.3 is 0 Å². The molecule has 3 aromatic carbocycles. The molecule has 0 unspecified atom stereocenters. The Morgan fingerprint density at radius 1 is 0.857 bits per heavy atom. The third-order valence-electron chi connectivity index (χ3n) is 5.83. The second kappa shape index (κ2) is 6.20. The zero-order valence-electron chi connectivity index (χ0n) is 16.8. The molecule has 0 spiro atoms. The first-order valence-corrected chi connectivity index (χ1v) is 9.94. The summed E-state index contributed by atoms with van der Waals surface area (Å²) in [4.78, 5) is 4.77. The van der Waals surface area contributed by atoms with Gasteiger partial charge in [-0.3, -0.25) is 4.40 Å². The zero-order valence-corrected chi connectivity index (χ0v) is 16.8. The molecule has 28 heavy (non-hydrogen) atoms. The molecule has 5 aromatic rings. The lowest BCUT2D eigenvalue weighted by molar-refractivity contribution is 0.876. The third-order valence-corrected chi connectivity index (χ3v) is 5.83. The van der Waals surface area contributed by atoms with Crippen LogP contribution >= 0.6 is 0 Å². The van der Waals surface area contributed by atoms with Crippen LogP contribution in [-0.4, -0.2) is 9.38 Å². The van der Waals surface area contributed by atoms with Gasteiger partial charge in [-0.25, -0.2) is 4.98 Å². The minimum atomic E-state index is 0.428. The van der Waals surface area contributed by atoms with E-state index in [2.05, 4.69) is 92.9 Å². The molecule has 0 atom stereocenters. The maximum absolute atomic E-state index is 4.77. The van der Waals surface area contributed by atoms with Gasteiger partial charge in [0.2, 0.25) is 0 Å². The van der Waals surface area contributed by atoms with Gasteiger partial charge in [-0.05, 0) is 48.1 Å². The number of para-hydroxylation sites is 1. The number of hydrogen-bond acceptors (Lipinski definition) is 1. The summed E-state index contributed by atoms with van der Waals surface area (Å²) in [5.74, 6) is 0.428. The van der Waals surface area contributed by atoms with E-state index >= 15 is 0 Å². The first-order chi connectivity index (χ1) is 13.6. The van der Waals surface area contributed by atoms with E-state index in [1.807, 2.05) is 6.20 Å². The van der Waals surface area contributed by atoms with Gasteiger partial charge in [-0.1, -0.05) is 67.9 Å². The van der Waals surface area contributed by atoms with Crippen LogP contribution in [-0.2, 0) is 0 Å². The second-order valence-electron chi connectivity index (χ2n) is 8.06. The van der Waals surface area contributed by atoms with Gasteiger partial charge in [0.25, 0.3) is 0 Å². The molecule has 0 aliphatic carbocycles. The Hall–Kier alpha value is -3.13. The number of fused-ring (bicyclic) bond motifs is 6. The second-order valence-corrected chi connectivity index (χ2v) is 8.06. The molecular weight excluding hydrogens is 340 g/mol. The van der Waals surface area contributed by atoms with Gasteiger partial charge in [0, 0.05) is 28.6 Å². The van der Waals surface area contributed by atoms with Crippen LogP contribution in [0.15, 0.2) is 67.0 Å². The van der Waals surface area contributed by atoms with Crippen LogP contribution in [0.3, 0.4) is 0 Å². The number of imidazole rings is 1. The van der Waals surface area contributed by atoms with Crippen LogP contribution in [0.25, 0.3) is 38.4 Å². The van der Waals surface area contributed by atoms with E-state index in [1.165, 1.54) is 49.5 Å². The summed E-state index contributed by atoms with van der Waals surface area (Å²) < 4.78 is 2.23. The maximum atomic E-state index is 4.77. The van der Waals surface area contributed by atoms with Crippen molar-refractivity contribution in [1.82, 2.24) is 9.38 Å². The number of rotatable bonds is 2. The fourth-order valence-electron chi connectivity index (χ4n) is 4.54. The monoisotopic (exact) mass is 364 g/mol. The molecule has 0 radical (unpaired) electrons. The van der Waals surface area contributed by atoms with Crippen molar-refractivity contribution < 1.29 is 0 Å². The molecule has 2 heterocycles. The topological polar surface area (TPSA) is 17.3 Å². The minimum absolute atomic E-state index is 0.428. The van der Waals surface area contributed by atoms with E-state index in [4.69, 9.17) is 4.98 Å². The Balaban J connectivity index is 2.07. The van der Waals surface area contributed by atoms with E-state index in [-0.39, 0.29) is 0 Å². The predicted molar refractivity (Wildman–Crippen MR) is 119 cm³/mol. The molecule has 2 aromatic heterocycles. The van der Waals surface area contributed by atoms with E-state index < -0.39 is 0 Å². The number of nitrogens with zero attached hydrogens (tertiary/aromatic N) is 2. The molecule has 0 N–H and O–H groups in total. The van der Waals surface area contributed by atoms with Crippen molar-refractivity contribution in [3.05, 3.63) is 83.7 Å². The van der Waals surface area contributed by atoms with Gasteiger partial charge in [0.05, 0.1) is 5.52 Å². The Kier molecular flexibility index (Phi) is 3.77. The summed E-state index contributed by atoms with van der Waals surface area (Å²) in [7, 11) is 0. The molecule has 0 aliphatic heterocycles. The van der Waals surface area contributed by atoms with E-state index in [9.17, 15) is 0 Å². The maximum Gasteiger partial charge on any atom is 0.145 e. The molecule has 5 rings (SSSR count). The van der Waals surface area contributed by atoms with Crippen molar-refractivity contribution in [1.29, 1.82) is 0 Å².